The molecule has 2 aromatic rings. The minimum Gasteiger partial charge on any atom is -0.355 e. The van der Waals surface area contributed by atoms with E-state index in [9.17, 15) is 4.79 Å². The molecule has 6 nitrogen and oxygen atoms in total. The van der Waals surface area contributed by atoms with Gasteiger partial charge in [0, 0.05) is 31.5 Å². The molecule has 2 rings (SSSR count). The largest absolute Gasteiger partial charge is 0.355 e. The molecule has 0 unspecified atom stereocenters. The number of nitrogens with one attached hydrogen (secondary N) is 1. The van der Waals surface area contributed by atoms with Crippen molar-refractivity contribution in [3.8, 4) is 11.4 Å². The number of nitrogens with zero attached hydrogens (tertiary/aromatic N) is 4. The van der Waals surface area contributed by atoms with E-state index in [0.717, 1.165) is 29.5 Å². The molecule has 0 spiro atoms. The van der Waals surface area contributed by atoms with Crippen LogP contribution in [0, 0.1) is 5.92 Å². The van der Waals surface area contributed by atoms with Crippen LogP contribution in [0.25, 0.3) is 11.4 Å². The van der Waals surface area contributed by atoms with Crippen molar-refractivity contribution >= 4 is 17.7 Å². The van der Waals surface area contributed by atoms with Crippen molar-refractivity contribution in [2.45, 2.75) is 25.4 Å². The fraction of sp³-hybridized carbons (Fsp3) is 0.467. The average molecular weight is 319 g/mol. The molecule has 0 bridgehead atoms. The Labute approximate surface area is 134 Å². The van der Waals surface area contributed by atoms with Gasteiger partial charge in [0.1, 0.15) is 0 Å². The van der Waals surface area contributed by atoms with Crippen molar-refractivity contribution < 1.29 is 4.79 Å². The van der Waals surface area contributed by atoms with Crippen LogP contribution >= 0.6 is 11.8 Å². The lowest BCUT2D eigenvalue weighted by Gasteiger charge is -2.07. The van der Waals surface area contributed by atoms with Gasteiger partial charge >= 0.3 is 0 Å². The second kappa shape index (κ2) is 7.93. The van der Waals surface area contributed by atoms with Gasteiger partial charge in [-0.25, -0.2) is 0 Å². The van der Waals surface area contributed by atoms with E-state index in [1.165, 1.54) is 11.8 Å². The van der Waals surface area contributed by atoms with E-state index in [-0.39, 0.29) is 5.91 Å². The Morgan fingerprint density at radius 3 is 2.73 bits per heavy atom. The summed E-state index contributed by atoms with van der Waals surface area (Å²) in [6.07, 6.45) is 4.44. The second-order valence-corrected chi connectivity index (χ2v) is 6.36. The molecular formula is C15H21N5OS. The average Bonchev–Trinajstić information content (AvgIpc) is 2.87. The maximum atomic E-state index is 11.8. The molecule has 0 saturated carbocycles. The van der Waals surface area contributed by atoms with Gasteiger partial charge in [-0.15, -0.1) is 10.2 Å². The van der Waals surface area contributed by atoms with Crippen LogP contribution in [0.1, 0.15) is 20.3 Å². The molecule has 0 aliphatic carbocycles. The number of rotatable bonds is 7. The predicted molar refractivity (Wildman–Crippen MR) is 87.4 cm³/mol. The van der Waals surface area contributed by atoms with E-state index >= 15 is 0 Å². The molecule has 1 N–H and O–H groups in total. The van der Waals surface area contributed by atoms with Crippen LogP contribution in [0.4, 0.5) is 0 Å². The first-order valence-electron chi connectivity index (χ1n) is 7.27. The Hall–Kier alpha value is -1.89. The van der Waals surface area contributed by atoms with Crippen molar-refractivity contribution in [1.29, 1.82) is 0 Å². The van der Waals surface area contributed by atoms with E-state index in [1.54, 1.807) is 12.4 Å². The summed E-state index contributed by atoms with van der Waals surface area (Å²) in [6.45, 7) is 5.00. The summed E-state index contributed by atoms with van der Waals surface area (Å²) in [5.41, 5.74) is 0.957. The summed E-state index contributed by atoms with van der Waals surface area (Å²) in [4.78, 5) is 15.8. The van der Waals surface area contributed by atoms with Gasteiger partial charge in [-0.2, -0.15) is 0 Å². The first kappa shape index (κ1) is 16.5. The Kier molecular flexibility index (Phi) is 5.94. The van der Waals surface area contributed by atoms with Gasteiger partial charge in [0.15, 0.2) is 11.0 Å². The Balaban J connectivity index is 1.89. The first-order valence-corrected chi connectivity index (χ1v) is 8.25. The number of aromatic nitrogens is 4. The zero-order valence-corrected chi connectivity index (χ0v) is 13.9. The maximum absolute atomic E-state index is 11.8. The van der Waals surface area contributed by atoms with Gasteiger partial charge in [-0.05, 0) is 24.5 Å². The number of carbonyl (C=O) groups excluding carboxylic acids is 1. The lowest BCUT2D eigenvalue weighted by atomic mass is 10.1. The molecule has 0 aromatic carbocycles. The molecular weight excluding hydrogens is 298 g/mol. The number of carbonyl (C=O) groups is 1. The third-order valence-corrected chi connectivity index (χ3v) is 4.17. The topological polar surface area (TPSA) is 72.7 Å². The maximum Gasteiger partial charge on any atom is 0.230 e. The summed E-state index contributed by atoms with van der Waals surface area (Å²) < 4.78 is 1.89. The Morgan fingerprint density at radius 1 is 1.32 bits per heavy atom. The quantitative estimate of drug-likeness (QED) is 0.792. The molecule has 0 radical (unpaired) electrons. The van der Waals surface area contributed by atoms with E-state index in [4.69, 9.17) is 0 Å². The molecule has 0 fully saturated rings. The van der Waals surface area contributed by atoms with E-state index in [1.807, 2.05) is 23.7 Å². The molecule has 0 atom stereocenters. The number of hydrogen-bond acceptors (Lipinski definition) is 5. The minimum atomic E-state index is 0.0270. The fourth-order valence-electron chi connectivity index (χ4n) is 1.87. The third-order valence-electron chi connectivity index (χ3n) is 3.15. The number of thioether (sulfide) groups is 1. The van der Waals surface area contributed by atoms with Crippen molar-refractivity contribution in [1.82, 2.24) is 25.1 Å². The normalized spacial score (nSPS) is 10.9. The first-order chi connectivity index (χ1) is 10.6. The highest BCUT2D eigenvalue weighted by Gasteiger charge is 2.12. The number of hydrogen-bond donors (Lipinski definition) is 1. The summed E-state index contributed by atoms with van der Waals surface area (Å²) in [7, 11) is 1.90. The van der Waals surface area contributed by atoms with Gasteiger partial charge in [0.2, 0.25) is 5.91 Å². The molecule has 118 valence electrons. The highest BCUT2D eigenvalue weighted by Crippen LogP contribution is 2.21. The van der Waals surface area contributed by atoms with E-state index in [2.05, 4.69) is 34.3 Å². The lowest BCUT2D eigenvalue weighted by molar-refractivity contribution is -0.118. The summed E-state index contributed by atoms with van der Waals surface area (Å²) in [5, 5.41) is 12.0. The molecule has 0 saturated heterocycles. The van der Waals surface area contributed by atoms with Crippen LogP contribution in [0.15, 0.2) is 29.7 Å². The zero-order valence-electron chi connectivity index (χ0n) is 13.1. The molecule has 22 heavy (non-hydrogen) atoms. The van der Waals surface area contributed by atoms with Crippen molar-refractivity contribution in [3.63, 3.8) is 0 Å². The van der Waals surface area contributed by atoms with Crippen LogP contribution in [0.2, 0.25) is 0 Å². The number of amides is 1. The summed E-state index contributed by atoms with van der Waals surface area (Å²) in [5.74, 6) is 1.74. The van der Waals surface area contributed by atoms with Crippen LogP contribution in [0.3, 0.4) is 0 Å². The smallest absolute Gasteiger partial charge is 0.230 e. The van der Waals surface area contributed by atoms with Gasteiger partial charge in [0.25, 0.3) is 0 Å². The van der Waals surface area contributed by atoms with Crippen molar-refractivity contribution in [2.75, 3.05) is 12.3 Å². The van der Waals surface area contributed by atoms with Gasteiger partial charge in [-0.1, -0.05) is 25.6 Å². The van der Waals surface area contributed by atoms with Gasteiger partial charge < -0.3 is 9.88 Å². The predicted octanol–water partition coefficient (Wildman–Crippen LogP) is 2.13. The Bertz CT molecular complexity index is 612. The van der Waals surface area contributed by atoms with Crippen LogP contribution in [-0.4, -0.2) is 38.0 Å². The molecule has 0 aliphatic heterocycles. The highest BCUT2D eigenvalue weighted by atomic mass is 32.2. The van der Waals surface area contributed by atoms with Gasteiger partial charge in [0.05, 0.1) is 5.75 Å². The van der Waals surface area contributed by atoms with E-state index in [0.29, 0.717) is 11.7 Å². The van der Waals surface area contributed by atoms with Crippen molar-refractivity contribution in [3.05, 3.63) is 24.5 Å². The second-order valence-electron chi connectivity index (χ2n) is 5.42. The monoisotopic (exact) mass is 319 g/mol. The highest BCUT2D eigenvalue weighted by molar-refractivity contribution is 7.99. The lowest BCUT2D eigenvalue weighted by Crippen LogP contribution is -2.27. The molecule has 0 aliphatic rings. The van der Waals surface area contributed by atoms with Crippen LogP contribution in [-0.2, 0) is 11.8 Å². The van der Waals surface area contributed by atoms with Crippen LogP contribution in [0.5, 0.6) is 0 Å². The SMILES string of the molecule is CC(C)CCNC(=O)CSc1nnc(-c2ccncc2)n1C. The Morgan fingerprint density at radius 2 is 2.05 bits per heavy atom. The third kappa shape index (κ3) is 4.56. The van der Waals surface area contributed by atoms with Crippen molar-refractivity contribution in [2.24, 2.45) is 13.0 Å². The molecule has 2 heterocycles. The fourth-order valence-corrected chi connectivity index (χ4v) is 2.62. The minimum absolute atomic E-state index is 0.0270. The summed E-state index contributed by atoms with van der Waals surface area (Å²) >= 11 is 1.39. The molecule has 7 heteroatoms. The molecule has 2 aromatic heterocycles. The summed E-state index contributed by atoms with van der Waals surface area (Å²) in [6, 6.07) is 3.77. The standard InChI is InChI=1S/C15H21N5OS/c1-11(2)4-9-17-13(21)10-22-15-19-18-14(20(15)3)12-5-7-16-8-6-12/h5-8,11H,4,9-10H2,1-3H3,(H,17,21). The molecule has 1 amide bonds. The zero-order chi connectivity index (χ0) is 15.9. The number of pyridine rings is 1. The van der Waals surface area contributed by atoms with Gasteiger partial charge in [-0.3, -0.25) is 9.78 Å². The van der Waals surface area contributed by atoms with E-state index < -0.39 is 0 Å². The van der Waals surface area contributed by atoms with Crippen LogP contribution < -0.4 is 5.32 Å².